The summed E-state index contributed by atoms with van der Waals surface area (Å²) >= 11 is 0. The van der Waals surface area contributed by atoms with Gasteiger partial charge in [-0.05, 0) is 45.4 Å². The minimum absolute atomic E-state index is 0.207. The lowest BCUT2D eigenvalue weighted by Crippen LogP contribution is -2.26. The first-order valence-electron chi connectivity index (χ1n) is 6.75. The van der Waals surface area contributed by atoms with E-state index in [-0.39, 0.29) is 6.04 Å². The number of hydrogen-bond acceptors (Lipinski definition) is 5. The highest BCUT2D eigenvalue weighted by Gasteiger charge is 2.21. The Labute approximate surface area is 112 Å². The second-order valence-corrected chi connectivity index (χ2v) is 5.10. The van der Waals surface area contributed by atoms with Crippen LogP contribution < -0.4 is 5.32 Å². The van der Waals surface area contributed by atoms with E-state index in [9.17, 15) is 0 Å². The van der Waals surface area contributed by atoms with Crippen molar-refractivity contribution in [2.45, 2.75) is 39.2 Å². The smallest absolute Gasteiger partial charge is 0.244 e. The van der Waals surface area contributed by atoms with Gasteiger partial charge in [-0.2, -0.15) is 4.98 Å². The Morgan fingerprint density at radius 1 is 1.16 bits per heavy atom. The Morgan fingerprint density at radius 2 is 1.95 bits per heavy atom. The topological polar surface area (TPSA) is 63.8 Å². The average Bonchev–Trinajstić information content (AvgIpc) is 2.88. The molecule has 0 aromatic carbocycles. The normalized spacial score (nSPS) is 19.6. The van der Waals surface area contributed by atoms with E-state index < -0.39 is 0 Å². The maximum Gasteiger partial charge on any atom is 0.244 e. The van der Waals surface area contributed by atoms with Gasteiger partial charge in [0.2, 0.25) is 11.7 Å². The molecule has 3 rings (SSSR count). The third-order valence-electron chi connectivity index (χ3n) is 3.39. The van der Waals surface area contributed by atoms with Crippen molar-refractivity contribution < 1.29 is 4.52 Å². The molecule has 0 bridgehead atoms. The SMILES string of the molecule is Cc1cc(-c2noc([C@H]3CCCCN3)n2)cc(C)n1. The highest BCUT2D eigenvalue weighted by Crippen LogP contribution is 2.24. The molecular weight excluding hydrogens is 240 g/mol. The first-order chi connectivity index (χ1) is 9.22. The van der Waals surface area contributed by atoms with Crippen LogP contribution in [0.1, 0.15) is 42.6 Å². The highest BCUT2D eigenvalue weighted by molar-refractivity contribution is 5.55. The zero-order valence-electron chi connectivity index (χ0n) is 11.3. The number of rotatable bonds is 2. The molecule has 1 aliphatic rings. The van der Waals surface area contributed by atoms with Crippen LogP contribution in [0.15, 0.2) is 16.7 Å². The number of nitrogens with one attached hydrogen (secondary N) is 1. The lowest BCUT2D eigenvalue weighted by atomic mass is 10.1. The summed E-state index contributed by atoms with van der Waals surface area (Å²) in [5, 5.41) is 7.50. The van der Waals surface area contributed by atoms with Crippen molar-refractivity contribution in [2.75, 3.05) is 6.54 Å². The summed E-state index contributed by atoms with van der Waals surface area (Å²) in [5.74, 6) is 1.35. The molecule has 0 spiro atoms. The Kier molecular flexibility index (Phi) is 3.29. The van der Waals surface area contributed by atoms with Gasteiger partial charge >= 0.3 is 0 Å². The molecule has 0 amide bonds. The lowest BCUT2D eigenvalue weighted by molar-refractivity contribution is 0.297. The van der Waals surface area contributed by atoms with Crippen LogP contribution in [-0.2, 0) is 0 Å². The summed E-state index contributed by atoms with van der Waals surface area (Å²) in [6.07, 6.45) is 3.50. The summed E-state index contributed by atoms with van der Waals surface area (Å²) < 4.78 is 5.39. The fourth-order valence-corrected chi connectivity index (χ4v) is 2.52. The van der Waals surface area contributed by atoms with Gasteiger partial charge in [0.1, 0.15) is 0 Å². The minimum atomic E-state index is 0.207. The van der Waals surface area contributed by atoms with Gasteiger partial charge in [-0.25, -0.2) is 0 Å². The molecule has 1 atom stereocenters. The molecule has 3 heterocycles. The molecule has 100 valence electrons. The molecule has 1 aliphatic heterocycles. The fourth-order valence-electron chi connectivity index (χ4n) is 2.52. The molecule has 2 aromatic rings. The van der Waals surface area contributed by atoms with Crippen LogP contribution in [0.2, 0.25) is 0 Å². The van der Waals surface area contributed by atoms with Crippen LogP contribution in [0.25, 0.3) is 11.4 Å². The number of piperidine rings is 1. The van der Waals surface area contributed by atoms with Gasteiger partial charge in [-0.1, -0.05) is 11.6 Å². The monoisotopic (exact) mass is 258 g/mol. The van der Waals surface area contributed by atoms with Crippen LogP contribution in [0.4, 0.5) is 0 Å². The predicted octanol–water partition coefficient (Wildman–Crippen LogP) is 2.56. The largest absolute Gasteiger partial charge is 0.337 e. The molecule has 1 N–H and O–H groups in total. The maximum absolute atomic E-state index is 5.39. The van der Waals surface area contributed by atoms with Crippen LogP contribution in [-0.4, -0.2) is 21.7 Å². The average molecular weight is 258 g/mol. The zero-order valence-corrected chi connectivity index (χ0v) is 11.3. The summed E-state index contributed by atoms with van der Waals surface area (Å²) in [7, 11) is 0. The standard InChI is InChI=1S/C14H18N4O/c1-9-7-11(8-10(2)16-9)13-17-14(19-18-13)12-5-3-4-6-15-12/h7-8,12,15H,3-6H2,1-2H3/t12-/m1/s1. The van der Waals surface area contributed by atoms with Crippen LogP contribution >= 0.6 is 0 Å². The number of aromatic nitrogens is 3. The molecule has 0 unspecified atom stereocenters. The van der Waals surface area contributed by atoms with E-state index in [1.54, 1.807) is 0 Å². The van der Waals surface area contributed by atoms with Gasteiger partial charge in [-0.15, -0.1) is 0 Å². The first-order valence-corrected chi connectivity index (χ1v) is 6.75. The van der Waals surface area contributed by atoms with E-state index in [1.807, 2.05) is 26.0 Å². The van der Waals surface area contributed by atoms with Crippen LogP contribution in [0.5, 0.6) is 0 Å². The highest BCUT2D eigenvalue weighted by atomic mass is 16.5. The fraction of sp³-hybridized carbons (Fsp3) is 0.500. The van der Waals surface area contributed by atoms with Gasteiger partial charge in [0, 0.05) is 17.0 Å². The molecule has 5 heteroatoms. The van der Waals surface area contributed by atoms with Gasteiger partial charge in [0.15, 0.2) is 0 Å². The van der Waals surface area contributed by atoms with Crippen molar-refractivity contribution >= 4 is 0 Å². The molecule has 1 fully saturated rings. The molecule has 0 radical (unpaired) electrons. The van der Waals surface area contributed by atoms with Crippen molar-refractivity contribution in [2.24, 2.45) is 0 Å². The Hall–Kier alpha value is -1.75. The Morgan fingerprint density at radius 3 is 2.63 bits per heavy atom. The summed E-state index contributed by atoms with van der Waals surface area (Å²) in [6.45, 7) is 4.97. The van der Waals surface area contributed by atoms with Gasteiger partial charge in [0.05, 0.1) is 6.04 Å². The molecule has 0 saturated carbocycles. The van der Waals surface area contributed by atoms with E-state index in [4.69, 9.17) is 4.52 Å². The van der Waals surface area contributed by atoms with Crippen molar-refractivity contribution in [3.8, 4) is 11.4 Å². The van der Waals surface area contributed by atoms with Crippen molar-refractivity contribution in [3.05, 3.63) is 29.4 Å². The quantitative estimate of drug-likeness (QED) is 0.896. The third kappa shape index (κ3) is 2.66. The van der Waals surface area contributed by atoms with Crippen LogP contribution in [0.3, 0.4) is 0 Å². The third-order valence-corrected chi connectivity index (χ3v) is 3.39. The second-order valence-electron chi connectivity index (χ2n) is 5.10. The van der Waals surface area contributed by atoms with Crippen molar-refractivity contribution in [3.63, 3.8) is 0 Å². The van der Waals surface area contributed by atoms with E-state index in [0.29, 0.717) is 11.7 Å². The van der Waals surface area contributed by atoms with Gasteiger partial charge in [-0.3, -0.25) is 4.98 Å². The summed E-state index contributed by atoms with van der Waals surface area (Å²) in [6, 6.07) is 4.17. The van der Waals surface area contributed by atoms with Gasteiger partial charge in [0.25, 0.3) is 0 Å². The lowest BCUT2D eigenvalue weighted by Gasteiger charge is -2.19. The number of pyridine rings is 1. The molecule has 19 heavy (non-hydrogen) atoms. The Bertz CT molecular complexity index is 552. The van der Waals surface area contributed by atoms with E-state index in [0.717, 1.165) is 29.9 Å². The van der Waals surface area contributed by atoms with Crippen molar-refractivity contribution in [1.82, 2.24) is 20.4 Å². The number of aryl methyl sites for hydroxylation is 2. The summed E-state index contributed by atoms with van der Waals surface area (Å²) in [5.41, 5.74) is 2.91. The minimum Gasteiger partial charge on any atom is -0.337 e. The Balaban J connectivity index is 1.87. The first kappa shape index (κ1) is 12.3. The van der Waals surface area contributed by atoms with E-state index in [1.165, 1.54) is 12.8 Å². The van der Waals surface area contributed by atoms with E-state index >= 15 is 0 Å². The molecule has 0 aliphatic carbocycles. The van der Waals surface area contributed by atoms with Gasteiger partial charge < -0.3 is 9.84 Å². The van der Waals surface area contributed by atoms with E-state index in [2.05, 4.69) is 20.4 Å². The molecule has 2 aromatic heterocycles. The number of hydrogen-bond donors (Lipinski definition) is 1. The molecular formula is C14H18N4O. The number of nitrogens with zero attached hydrogens (tertiary/aromatic N) is 3. The molecule has 5 nitrogen and oxygen atoms in total. The second kappa shape index (κ2) is 5.09. The molecule has 1 saturated heterocycles. The van der Waals surface area contributed by atoms with Crippen LogP contribution in [0, 0.1) is 13.8 Å². The maximum atomic E-state index is 5.39. The predicted molar refractivity (Wildman–Crippen MR) is 71.6 cm³/mol. The van der Waals surface area contributed by atoms with Crippen molar-refractivity contribution in [1.29, 1.82) is 0 Å². The zero-order chi connectivity index (χ0) is 13.2. The summed E-state index contributed by atoms with van der Waals surface area (Å²) in [4.78, 5) is 8.88.